The number of carbonyl (C=O) groups is 1. The van der Waals surface area contributed by atoms with E-state index in [-0.39, 0.29) is 11.9 Å². The molecular weight excluding hydrogens is 381 g/mol. The number of carbonyl (C=O) groups excluding carboxylic acids is 1. The highest BCUT2D eigenvalue weighted by molar-refractivity contribution is 6.42. The highest BCUT2D eigenvalue weighted by Crippen LogP contribution is 2.28. The Morgan fingerprint density at radius 3 is 2.56 bits per heavy atom. The van der Waals surface area contributed by atoms with Crippen LogP contribution in [-0.2, 0) is 11.2 Å². The summed E-state index contributed by atoms with van der Waals surface area (Å²) in [5.74, 6) is 0.0569. The van der Waals surface area contributed by atoms with Gasteiger partial charge in [0.25, 0.3) is 0 Å². The first-order valence-corrected chi connectivity index (χ1v) is 9.97. The number of benzene rings is 2. The van der Waals surface area contributed by atoms with Crippen LogP contribution in [-0.4, -0.2) is 42.4 Å². The topological polar surface area (TPSA) is 49.6 Å². The molecule has 0 spiro atoms. The second-order valence-electron chi connectivity index (χ2n) is 7.13. The fraction of sp³-hybridized carbons (Fsp3) is 0.381. The minimum Gasteiger partial charge on any atom is -0.399 e. The van der Waals surface area contributed by atoms with Crippen LogP contribution in [0, 0.1) is 0 Å². The maximum absolute atomic E-state index is 12.8. The summed E-state index contributed by atoms with van der Waals surface area (Å²) in [6.45, 7) is 2.73. The fourth-order valence-corrected chi connectivity index (χ4v) is 3.89. The summed E-state index contributed by atoms with van der Waals surface area (Å²) in [5, 5.41) is 0.969. The van der Waals surface area contributed by atoms with Crippen molar-refractivity contribution in [3.63, 3.8) is 0 Å². The Morgan fingerprint density at radius 1 is 1.15 bits per heavy atom. The van der Waals surface area contributed by atoms with Crippen molar-refractivity contribution < 1.29 is 4.79 Å². The summed E-state index contributed by atoms with van der Waals surface area (Å²) < 4.78 is 0. The van der Waals surface area contributed by atoms with Gasteiger partial charge < -0.3 is 10.6 Å². The Labute approximate surface area is 170 Å². The SMILES string of the molecule is CN(CC(c1cccc(N)c1)N1CCCC1)C(=O)Cc1ccc(Cl)c(Cl)c1. The lowest BCUT2D eigenvalue weighted by atomic mass is 10.0. The molecular formula is C21H25Cl2N3O. The van der Waals surface area contributed by atoms with Gasteiger partial charge in [-0.3, -0.25) is 9.69 Å². The van der Waals surface area contributed by atoms with Gasteiger partial charge in [0.2, 0.25) is 5.91 Å². The number of likely N-dealkylation sites (N-methyl/N-ethyl adjacent to an activating group) is 1. The Morgan fingerprint density at radius 2 is 1.89 bits per heavy atom. The molecule has 3 rings (SSSR count). The molecule has 0 bridgehead atoms. The molecule has 0 aliphatic carbocycles. The van der Waals surface area contributed by atoms with E-state index >= 15 is 0 Å². The molecule has 27 heavy (non-hydrogen) atoms. The zero-order valence-electron chi connectivity index (χ0n) is 15.5. The molecule has 4 nitrogen and oxygen atoms in total. The predicted molar refractivity (Wildman–Crippen MR) is 112 cm³/mol. The molecule has 1 aliphatic heterocycles. The third-order valence-electron chi connectivity index (χ3n) is 5.09. The van der Waals surface area contributed by atoms with Crippen molar-refractivity contribution in [3.8, 4) is 0 Å². The molecule has 2 aromatic rings. The monoisotopic (exact) mass is 405 g/mol. The van der Waals surface area contributed by atoms with Crippen LogP contribution < -0.4 is 5.73 Å². The zero-order valence-corrected chi connectivity index (χ0v) is 17.0. The molecule has 1 atom stereocenters. The molecule has 0 aromatic heterocycles. The summed E-state index contributed by atoms with van der Waals surface area (Å²) >= 11 is 12.0. The largest absolute Gasteiger partial charge is 0.399 e. The number of hydrogen-bond donors (Lipinski definition) is 1. The molecule has 1 saturated heterocycles. The lowest BCUT2D eigenvalue weighted by Gasteiger charge is -2.32. The van der Waals surface area contributed by atoms with E-state index in [1.165, 1.54) is 12.8 Å². The molecule has 6 heteroatoms. The minimum absolute atomic E-state index is 0.0569. The predicted octanol–water partition coefficient (Wildman–Crippen LogP) is 4.41. The van der Waals surface area contributed by atoms with Crippen LogP contribution in [0.15, 0.2) is 42.5 Å². The summed E-state index contributed by atoms with van der Waals surface area (Å²) in [7, 11) is 1.86. The van der Waals surface area contributed by atoms with Crippen LogP contribution in [0.3, 0.4) is 0 Å². The van der Waals surface area contributed by atoms with Crippen LogP contribution in [0.25, 0.3) is 0 Å². The number of nitrogens with two attached hydrogens (primary N) is 1. The van der Waals surface area contributed by atoms with E-state index in [2.05, 4.69) is 11.0 Å². The molecule has 2 N–H and O–H groups in total. The Balaban J connectivity index is 1.72. The maximum Gasteiger partial charge on any atom is 0.226 e. The van der Waals surface area contributed by atoms with Gasteiger partial charge >= 0.3 is 0 Å². The number of anilines is 1. The van der Waals surface area contributed by atoms with E-state index in [0.717, 1.165) is 29.9 Å². The molecule has 1 fully saturated rings. The van der Waals surface area contributed by atoms with Crippen molar-refractivity contribution in [1.82, 2.24) is 9.80 Å². The maximum atomic E-state index is 12.8. The van der Waals surface area contributed by atoms with Gasteiger partial charge in [0.05, 0.1) is 22.5 Å². The standard InChI is InChI=1S/C21H25Cl2N3O/c1-25(21(27)12-15-7-8-18(22)19(23)11-15)14-20(26-9-2-3-10-26)16-5-4-6-17(24)13-16/h4-8,11,13,20H,2-3,9-10,12,14,24H2,1H3. The van der Waals surface area contributed by atoms with E-state index in [9.17, 15) is 4.79 Å². The second kappa shape index (κ2) is 8.96. The van der Waals surface area contributed by atoms with E-state index < -0.39 is 0 Å². The van der Waals surface area contributed by atoms with Gasteiger partial charge in [0, 0.05) is 19.3 Å². The van der Waals surface area contributed by atoms with Gasteiger partial charge in [-0.05, 0) is 61.3 Å². The van der Waals surface area contributed by atoms with Gasteiger partial charge in [0.1, 0.15) is 0 Å². The molecule has 1 aliphatic rings. The smallest absolute Gasteiger partial charge is 0.226 e. The summed E-state index contributed by atoms with van der Waals surface area (Å²) in [5.41, 5.74) is 8.77. The number of amides is 1. The molecule has 2 aromatic carbocycles. The van der Waals surface area contributed by atoms with Crippen molar-refractivity contribution in [3.05, 3.63) is 63.6 Å². The van der Waals surface area contributed by atoms with Gasteiger partial charge in [-0.1, -0.05) is 41.4 Å². The molecule has 1 heterocycles. The van der Waals surface area contributed by atoms with Crippen molar-refractivity contribution in [2.45, 2.75) is 25.3 Å². The molecule has 1 amide bonds. The Kier molecular flexibility index (Phi) is 6.64. The van der Waals surface area contributed by atoms with Gasteiger partial charge in [-0.25, -0.2) is 0 Å². The van der Waals surface area contributed by atoms with Crippen molar-refractivity contribution in [2.24, 2.45) is 0 Å². The fourth-order valence-electron chi connectivity index (χ4n) is 3.57. The van der Waals surface area contributed by atoms with Crippen molar-refractivity contribution in [1.29, 1.82) is 0 Å². The third kappa shape index (κ3) is 5.16. The second-order valence-corrected chi connectivity index (χ2v) is 7.94. The molecule has 0 saturated carbocycles. The normalized spacial score (nSPS) is 15.7. The number of rotatable bonds is 6. The lowest BCUT2D eigenvalue weighted by Crippen LogP contribution is -2.38. The quantitative estimate of drug-likeness (QED) is 0.723. The third-order valence-corrected chi connectivity index (χ3v) is 5.83. The highest BCUT2D eigenvalue weighted by Gasteiger charge is 2.26. The Hall–Kier alpha value is -1.75. The number of nitrogens with zero attached hydrogens (tertiary/aromatic N) is 2. The summed E-state index contributed by atoms with van der Waals surface area (Å²) in [6.07, 6.45) is 2.69. The first-order chi connectivity index (χ1) is 12.9. The van der Waals surface area contributed by atoms with Crippen molar-refractivity contribution in [2.75, 3.05) is 32.4 Å². The van der Waals surface area contributed by atoms with E-state index in [0.29, 0.717) is 23.0 Å². The van der Waals surface area contributed by atoms with E-state index in [4.69, 9.17) is 28.9 Å². The first kappa shape index (κ1) is 20.0. The van der Waals surface area contributed by atoms with Gasteiger partial charge in [0.15, 0.2) is 0 Å². The van der Waals surface area contributed by atoms with Crippen molar-refractivity contribution >= 4 is 34.8 Å². The minimum atomic E-state index is 0.0569. The Bertz CT molecular complexity index is 806. The first-order valence-electron chi connectivity index (χ1n) is 9.21. The van der Waals surface area contributed by atoms with Gasteiger partial charge in [-0.2, -0.15) is 0 Å². The van der Waals surface area contributed by atoms with Crippen LogP contribution in [0.5, 0.6) is 0 Å². The van der Waals surface area contributed by atoms with Crippen LogP contribution in [0.4, 0.5) is 5.69 Å². The number of nitrogen functional groups attached to an aromatic ring is 1. The van der Waals surface area contributed by atoms with Crippen LogP contribution in [0.2, 0.25) is 10.0 Å². The number of likely N-dealkylation sites (tertiary alicyclic amines) is 1. The highest BCUT2D eigenvalue weighted by atomic mass is 35.5. The van der Waals surface area contributed by atoms with E-state index in [1.54, 1.807) is 17.0 Å². The van der Waals surface area contributed by atoms with Gasteiger partial charge in [-0.15, -0.1) is 0 Å². The molecule has 144 valence electrons. The zero-order chi connectivity index (χ0) is 19.4. The summed E-state index contributed by atoms with van der Waals surface area (Å²) in [4.78, 5) is 17.0. The lowest BCUT2D eigenvalue weighted by molar-refractivity contribution is -0.129. The number of halogens is 2. The van der Waals surface area contributed by atoms with Crippen LogP contribution in [0.1, 0.15) is 30.0 Å². The number of hydrogen-bond acceptors (Lipinski definition) is 3. The molecule has 1 unspecified atom stereocenters. The van der Waals surface area contributed by atoms with Crippen LogP contribution >= 0.6 is 23.2 Å². The summed E-state index contributed by atoms with van der Waals surface area (Å²) in [6, 6.07) is 13.5. The average Bonchev–Trinajstić information content (AvgIpc) is 3.17. The average molecular weight is 406 g/mol. The molecule has 0 radical (unpaired) electrons. The van der Waals surface area contributed by atoms with E-state index in [1.807, 2.05) is 31.3 Å².